The van der Waals surface area contributed by atoms with Crippen LogP contribution in [0, 0.1) is 5.82 Å². The molecule has 164 valence electrons. The third-order valence-electron chi connectivity index (χ3n) is 5.02. The Labute approximate surface area is 179 Å². The highest BCUT2D eigenvalue weighted by Gasteiger charge is 2.31. The van der Waals surface area contributed by atoms with Crippen LogP contribution in [0.2, 0.25) is 0 Å². The first-order chi connectivity index (χ1) is 15.2. The van der Waals surface area contributed by atoms with Gasteiger partial charge < -0.3 is 9.97 Å². The molecule has 2 N–H and O–H groups in total. The van der Waals surface area contributed by atoms with Crippen molar-refractivity contribution in [3.05, 3.63) is 99.0 Å². The van der Waals surface area contributed by atoms with Gasteiger partial charge >= 0.3 is 6.18 Å². The number of pyridine rings is 1. The van der Waals surface area contributed by atoms with Crippen LogP contribution >= 0.6 is 0 Å². The van der Waals surface area contributed by atoms with E-state index < -0.39 is 29.8 Å². The van der Waals surface area contributed by atoms with Crippen LogP contribution in [-0.4, -0.2) is 20.7 Å². The van der Waals surface area contributed by atoms with Crippen LogP contribution in [0.15, 0.2) is 59.5 Å². The molecule has 4 aromatic rings. The highest BCUT2D eigenvalue weighted by molar-refractivity contribution is 5.83. The first kappa shape index (κ1) is 21.5. The van der Waals surface area contributed by atoms with Crippen molar-refractivity contribution < 1.29 is 22.4 Å². The van der Waals surface area contributed by atoms with Crippen LogP contribution in [0.3, 0.4) is 0 Å². The largest absolute Gasteiger partial charge is 0.416 e. The van der Waals surface area contributed by atoms with E-state index in [1.165, 1.54) is 6.20 Å². The number of fused-ring (bicyclic) bond motifs is 1. The first-order valence-electron chi connectivity index (χ1n) is 9.70. The Morgan fingerprint density at radius 3 is 2.38 bits per heavy atom. The number of hydrogen-bond donors (Lipinski definition) is 2. The summed E-state index contributed by atoms with van der Waals surface area (Å²) in [7, 11) is 0. The Morgan fingerprint density at radius 2 is 1.69 bits per heavy atom. The highest BCUT2D eigenvalue weighted by atomic mass is 19.4. The molecule has 2 aromatic heterocycles. The van der Waals surface area contributed by atoms with Crippen LogP contribution in [0.4, 0.5) is 17.6 Å². The van der Waals surface area contributed by atoms with Crippen LogP contribution in [0.1, 0.15) is 28.1 Å². The lowest BCUT2D eigenvalue weighted by atomic mass is 9.99. The van der Waals surface area contributed by atoms with E-state index in [2.05, 4.69) is 15.0 Å². The second-order valence-electron chi connectivity index (χ2n) is 7.44. The Balaban J connectivity index is 1.42. The van der Waals surface area contributed by atoms with Gasteiger partial charge in [-0.1, -0.05) is 24.3 Å². The summed E-state index contributed by atoms with van der Waals surface area (Å²) in [6.07, 6.45) is -3.09. The molecule has 0 amide bonds. The highest BCUT2D eigenvalue weighted by Crippen LogP contribution is 2.30. The summed E-state index contributed by atoms with van der Waals surface area (Å²) >= 11 is 0. The molecule has 32 heavy (non-hydrogen) atoms. The van der Waals surface area contributed by atoms with Crippen LogP contribution in [-0.2, 0) is 30.2 Å². The molecule has 0 radical (unpaired) electrons. The van der Waals surface area contributed by atoms with Gasteiger partial charge in [0.1, 0.15) is 17.4 Å². The van der Waals surface area contributed by atoms with Crippen LogP contribution in [0.25, 0.3) is 11.0 Å². The van der Waals surface area contributed by atoms with Crippen molar-refractivity contribution in [1.82, 2.24) is 15.0 Å². The van der Waals surface area contributed by atoms with Gasteiger partial charge in [-0.15, -0.1) is 0 Å². The summed E-state index contributed by atoms with van der Waals surface area (Å²) in [6, 6.07) is 10.8. The maximum Gasteiger partial charge on any atom is 0.416 e. The second kappa shape index (κ2) is 8.41. The number of benzene rings is 2. The Morgan fingerprint density at radius 1 is 0.969 bits per heavy atom. The average molecular weight is 443 g/mol. The molecular weight excluding hydrogens is 426 g/mol. The van der Waals surface area contributed by atoms with Gasteiger partial charge in [-0.25, -0.2) is 9.37 Å². The van der Waals surface area contributed by atoms with Gasteiger partial charge in [0.2, 0.25) is 0 Å². The number of carbonyl (C=O) groups is 1. The standard InChI is InChI=1S/C23H17F4N3O2/c24-18-6-5-16(23(25,26)27)11-15(18)12-17(31)9-13-1-3-14(4-2-13)10-20-29-19-7-8-28-22(32)21(19)30-20/h1-8,11H,9-10,12H2,(H,28,32)(H,29,30). The quantitative estimate of drug-likeness (QED) is 0.435. The Bertz CT molecular complexity index is 1340. The van der Waals surface area contributed by atoms with Crippen molar-refractivity contribution in [3.63, 3.8) is 0 Å². The molecule has 0 fully saturated rings. The van der Waals surface area contributed by atoms with Gasteiger partial charge in [-0.3, -0.25) is 9.59 Å². The zero-order valence-electron chi connectivity index (χ0n) is 16.6. The molecule has 0 aliphatic heterocycles. The van der Waals surface area contributed by atoms with Gasteiger partial charge in [0.15, 0.2) is 5.52 Å². The number of nitrogens with zero attached hydrogens (tertiary/aromatic N) is 1. The maximum absolute atomic E-state index is 13.9. The zero-order valence-corrected chi connectivity index (χ0v) is 16.6. The van der Waals surface area contributed by atoms with E-state index in [1.54, 1.807) is 30.3 Å². The van der Waals surface area contributed by atoms with Crippen molar-refractivity contribution >= 4 is 16.8 Å². The minimum absolute atomic E-state index is 0.0318. The summed E-state index contributed by atoms with van der Waals surface area (Å²) in [6.45, 7) is 0. The Hall–Kier alpha value is -3.75. The smallest absolute Gasteiger partial charge is 0.341 e. The van der Waals surface area contributed by atoms with Gasteiger partial charge in [-0.2, -0.15) is 13.2 Å². The van der Waals surface area contributed by atoms with Gasteiger partial charge in [0, 0.05) is 25.5 Å². The number of halogens is 4. The monoisotopic (exact) mass is 443 g/mol. The molecule has 0 saturated heterocycles. The van der Waals surface area contributed by atoms with E-state index in [4.69, 9.17) is 0 Å². The van der Waals surface area contributed by atoms with Crippen LogP contribution < -0.4 is 5.56 Å². The number of aromatic amines is 2. The predicted octanol–water partition coefficient (Wildman–Crippen LogP) is 4.35. The number of aromatic nitrogens is 3. The molecule has 4 rings (SSSR count). The molecule has 0 atom stereocenters. The lowest BCUT2D eigenvalue weighted by Gasteiger charge is -2.10. The van der Waals surface area contributed by atoms with E-state index in [0.717, 1.165) is 11.6 Å². The van der Waals surface area contributed by atoms with Crippen molar-refractivity contribution in [1.29, 1.82) is 0 Å². The minimum atomic E-state index is -4.60. The number of carbonyl (C=O) groups excluding carboxylic acids is 1. The summed E-state index contributed by atoms with van der Waals surface area (Å²) in [5.74, 6) is -0.626. The van der Waals surface area contributed by atoms with E-state index in [0.29, 0.717) is 41.0 Å². The molecule has 0 aliphatic rings. The molecule has 0 spiro atoms. The fourth-order valence-electron chi connectivity index (χ4n) is 3.44. The fourth-order valence-corrected chi connectivity index (χ4v) is 3.44. The molecule has 2 aromatic carbocycles. The van der Waals surface area contributed by atoms with E-state index in [9.17, 15) is 27.2 Å². The predicted molar refractivity (Wildman–Crippen MR) is 110 cm³/mol. The Kier molecular flexibility index (Phi) is 5.65. The van der Waals surface area contributed by atoms with E-state index >= 15 is 0 Å². The zero-order chi connectivity index (χ0) is 22.9. The lowest BCUT2D eigenvalue weighted by Crippen LogP contribution is -2.11. The molecular formula is C23H17F4N3O2. The van der Waals surface area contributed by atoms with Crippen molar-refractivity contribution in [2.45, 2.75) is 25.4 Å². The SMILES string of the molecule is O=C(Cc1ccc(Cc2nc3c(=O)[nH]ccc3[nH]2)cc1)Cc1cc(C(F)(F)F)ccc1F. The van der Waals surface area contributed by atoms with Crippen molar-refractivity contribution in [2.75, 3.05) is 0 Å². The third-order valence-corrected chi connectivity index (χ3v) is 5.02. The third kappa shape index (κ3) is 4.77. The topological polar surface area (TPSA) is 78.6 Å². The summed E-state index contributed by atoms with van der Waals surface area (Å²) in [4.78, 5) is 34.0. The normalized spacial score (nSPS) is 11.8. The van der Waals surface area contributed by atoms with Crippen molar-refractivity contribution in [2.24, 2.45) is 0 Å². The van der Waals surface area contributed by atoms with Gasteiger partial charge in [-0.05, 0) is 41.0 Å². The molecule has 9 heteroatoms. The lowest BCUT2D eigenvalue weighted by molar-refractivity contribution is -0.137. The number of Topliss-reactive ketones (excluding diaryl/α,β-unsaturated/α-hetero) is 1. The van der Waals surface area contributed by atoms with Gasteiger partial charge in [0.05, 0.1) is 11.1 Å². The maximum atomic E-state index is 13.9. The minimum Gasteiger partial charge on any atom is -0.341 e. The molecule has 0 saturated carbocycles. The molecule has 0 bridgehead atoms. The summed E-state index contributed by atoms with van der Waals surface area (Å²) in [5.41, 5.74) is 0.961. The number of H-pyrrole nitrogens is 2. The summed E-state index contributed by atoms with van der Waals surface area (Å²) < 4.78 is 52.3. The molecule has 2 heterocycles. The van der Waals surface area contributed by atoms with Crippen molar-refractivity contribution in [3.8, 4) is 0 Å². The fraction of sp³-hybridized carbons (Fsp3) is 0.174. The number of nitrogens with one attached hydrogen (secondary N) is 2. The van der Waals surface area contributed by atoms with Gasteiger partial charge in [0.25, 0.3) is 5.56 Å². The molecule has 0 aliphatic carbocycles. The number of imidazole rings is 1. The van der Waals surface area contributed by atoms with Crippen LogP contribution in [0.5, 0.6) is 0 Å². The molecule has 0 unspecified atom stereocenters. The van der Waals surface area contributed by atoms with E-state index in [-0.39, 0.29) is 17.5 Å². The average Bonchev–Trinajstić information content (AvgIpc) is 3.14. The number of hydrogen-bond acceptors (Lipinski definition) is 3. The van der Waals surface area contributed by atoms with E-state index in [1.807, 2.05) is 0 Å². The summed E-state index contributed by atoms with van der Waals surface area (Å²) in [5, 5.41) is 0. The second-order valence-corrected chi connectivity index (χ2v) is 7.44. The first-order valence-corrected chi connectivity index (χ1v) is 9.70. The molecule has 5 nitrogen and oxygen atoms in total. The number of alkyl halides is 3. The number of rotatable bonds is 6. The number of ketones is 1.